The molecule has 2 aromatic rings. The number of hydrogen-bond donors (Lipinski definition) is 1. The molecular formula is C18H17F2NO2. The van der Waals surface area contributed by atoms with Gasteiger partial charge in [0, 0.05) is 11.1 Å². The van der Waals surface area contributed by atoms with Crippen LogP contribution in [-0.4, -0.2) is 20.8 Å². The molecule has 23 heavy (non-hydrogen) atoms. The van der Waals surface area contributed by atoms with E-state index in [-0.39, 0.29) is 0 Å². The van der Waals surface area contributed by atoms with Crippen LogP contribution in [0.5, 0.6) is 11.5 Å². The van der Waals surface area contributed by atoms with Crippen LogP contribution in [0.2, 0.25) is 0 Å². The molecule has 0 bridgehead atoms. The third-order valence-electron chi connectivity index (χ3n) is 3.28. The molecule has 0 fully saturated rings. The third-order valence-corrected chi connectivity index (χ3v) is 3.28. The average molecular weight is 317 g/mol. The van der Waals surface area contributed by atoms with Gasteiger partial charge >= 0.3 is 0 Å². The van der Waals surface area contributed by atoms with Gasteiger partial charge in [-0.3, -0.25) is 0 Å². The van der Waals surface area contributed by atoms with E-state index in [2.05, 4.69) is 11.8 Å². The Balaban J connectivity index is 2.40. The Morgan fingerprint density at radius 2 is 1.65 bits per heavy atom. The van der Waals surface area contributed by atoms with Crippen LogP contribution in [0.15, 0.2) is 30.3 Å². The maximum absolute atomic E-state index is 13.4. The summed E-state index contributed by atoms with van der Waals surface area (Å²) in [7, 11) is 3.08. The van der Waals surface area contributed by atoms with Gasteiger partial charge in [-0.05, 0) is 48.9 Å². The smallest absolute Gasteiger partial charge is 0.161 e. The quantitative estimate of drug-likeness (QED) is 0.882. The second-order valence-corrected chi connectivity index (χ2v) is 4.78. The second-order valence-electron chi connectivity index (χ2n) is 4.78. The standard InChI is InChI=1S/C18H17F2NO2/c1-22-17-6-4-12(9-18(17)23-2)3-5-13-10-15(19)16(20)11-14(13)7-8-21/h4,6,9-11H,7-8,21H2,1-2H3. The maximum Gasteiger partial charge on any atom is 0.161 e. The summed E-state index contributed by atoms with van der Waals surface area (Å²) < 4.78 is 37.1. The average Bonchev–Trinajstić information content (AvgIpc) is 2.56. The van der Waals surface area contributed by atoms with E-state index >= 15 is 0 Å². The fourth-order valence-corrected chi connectivity index (χ4v) is 2.12. The number of nitrogens with two attached hydrogens (primary N) is 1. The van der Waals surface area contributed by atoms with Crippen molar-refractivity contribution < 1.29 is 18.3 Å². The van der Waals surface area contributed by atoms with Gasteiger partial charge in [-0.15, -0.1) is 0 Å². The molecule has 0 aliphatic carbocycles. The number of benzene rings is 2. The predicted molar refractivity (Wildman–Crippen MR) is 84.6 cm³/mol. The highest BCUT2D eigenvalue weighted by atomic mass is 19.2. The highest BCUT2D eigenvalue weighted by Gasteiger charge is 2.08. The molecule has 0 aliphatic heterocycles. The van der Waals surface area contributed by atoms with Crippen molar-refractivity contribution in [1.29, 1.82) is 0 Å². The molecule has 0 aliphatic rings. The van der Waals surface area contributed by atoms with Gasteiger partial charge in [-0.1, -0.05) is 11.8 Å². The number of halogens is 2. The number of methoxy groups -OCH3 is 2. The Labute approximate surface area is 134 Å². The SMILES string of the molecule is COc1ccc(C#Cc2cc(F)c(F)cc2CCN)cc1OC. The summed E-state index contributed by atoms with van der Waals surface area (Å²) in [5.74, 6) is 5.09. The molecule has 2 aromatic carbocycles. The number of ether oxygens (including phenoxy) is 2. The summed E-state index contributed by atoms with van der Waals surface area (Å²) in [6, 6.07) is 7.44. The van der Waals surface area contributed by atoms with E-state index in [1.165, 1.54) is 7.11 Å². The highest BCUT2D eigenvalue weighted by molar-refractivity contribution is 5.52. The van der Waals surface area contributed by atoms with E-state index in [1.54, 1.807) is 25.3 Å². The van der Waals surface area contributed by atoms with Gasteiger partial charge in [0.1, 0.15) is 0 Å². The maximum atomic E-state index is 13.4. The van der Waals surface area contributed by atoms with Crippen molar-refractivity contribution in [3.63, 3.8) is 0 Å². The zero-order valence-corrected chi connectivity index (χ0v) is 13.0. The van der Waals surface area contributed by atoms with Gasteiger partial charge in [0.25, 0.3) is 0 Å². The fraction of sp³-hybridized carbons (Fsp3) is 0.222. The molecule has 0 aromatic heterocycles. The molecule has 0 radical (unpaired) electrons. The van der Waals surface area contributed by atoms with Crippen LogP contribution in [0.3, 0.4) is 0 Å². The first-order valence-corrected chi connectivity index (χ1v) is 7.01. The van der Waals surface area contributed by atoms with Gasteiger partial charge in [-0.25, -0.2) is 8.78 Å². The van der Waals surface area contributed by atoms with Gasteiger partial charge in [0.2, 0.25) is 0 Å². The van der Waals surface area contributed by atoms with Gasteiger partial charge in [0.05, 0.1) is 14.2 Å². The van der Waals surface area contributed by atoms with Crippen LogP contribution in [0.4, 0.5) is 8.78 Å². The number of hydrogen-bond acceptors (Lipinski definition) is 3. The summed E-state index contributed by atoms with van der Waals surface area (Å²) >= 11 is 0. The minimum Gasteiger partial charge on any atom is -0.493 e. The van der Waals surface area contributed by atoms with Gasteiger partial charge in [-0.2, -0.15) is 0 Å². The Hall–Kier alpha value is -2.58. The molecule has 0 unspecified atom stereocenters. The van der Waals surface area contributed by atoms with Gasteiger partial charge in [0.15, 0.2) is 23.1 Å². The van der Waals surface area contributed by atoms with E-state index in [0.29, 0.717) is 41.2 Å². The topological polar surface area (TPSA) is 44.5 Å². The third kappa shape index (κ3) is 3.99. The molecule has 0 spiro atoms. The Morgan fingerprint density at radius 3 is 2.30 bits per heavy atom. The zero-order chi connectivity index (χ0) is 16.8. The van der Waals surface area contributed by atoms with Gasteiger partial charge < -0.3 is 15.2 Å². The van der Waals surface area contributed by atoms with Crippen LogP contribution >= 0.6 is 0 Å². The minimum absolute atomic E-state index is 0.329. The summed E-state index contributed by atoms with van der Waals surface area (Å²) in [6.45, 7) is 0.329. The first-order chi connectivity index (χ1) is 11.1. The molecule has 5 heteroatoms. The van der Waals surface area contributed by atoms with Crippen molar-refractivity contribution in [3.05, 3.63) is 58.7 Å². The van der Waals surface area contributed by atoms with Crippen molar-refractivity contribution >= 4 is 0 Å². The fourth-order valence-electron chi connectivity index (χ4n) is 2.12. The van der Waals surface area contributed by atoms with E-state index in [4.69, 9.17) is 15.2 Å². The summed E-state index contributed by atoms with van der Waals surface area (Å²) in [4.78, 5) is 0. The van der Waals surface area contributed by atoms with Crippen molar-refractivity contribution in [1.82, 2.24) is 0 Å². The van der Waals surface area contributed by atoms with E-state index in [1.807, 2.05) is 0 Å². The zero-order valence-electron chi connectivity index (χ0n) is 13.0. The van der Waals surface area contributed by atoms with Crippen LogP contribution in [0.1, 0.15) is 16.7 Å². The van der Waals surface area contributed by atoms with Crippen molar-refractivity contribution in [2.75, 3.05) is 20.8 Å². The molecule has 0 amide bonds. The normalized spacial score (nSPS) is 9.96. The van der Waals surface area contributed by atoms with Crippen LogP contribution < -0.4 is 15.2 Å². The van der Waals surface area contributed by atoms with E-state index < -0.39 is 11.6 Å². The molecule has 0 saturated carbocycles. The molecule has 0 atom stereocenters. The minimum atomic E-state index is -0.928. The Morgan fingerprint density at radius 1 is 0.957 bits per heavy atom. The monoisotopic (exact) mass is 317 g/mol. The Bertz CT molecular complexity index is 764. The van der Waals surface area contributed by atoms with Crippen LogP contribution in [0, 0.1) is 23.5 Å². The van der Waals surface area contributed by atoms with E-state index in [9.17, 15) is 8.78 Å². The molecule has 0 heterocycles. The molecular weight excluding hydrogens is 300 g/mol. The molecule has 3 nitrogen and oxygen atoms in total. The highest BCUT2D eigenvalue weighted by Crippen LogP contribution is 2.27. The van der Waals surface area contributed by atoms with Crippen LogP contribution in [0.25, 0.3) is 0 Å². The lowest BCUT2D eigenvalue weighted by Crippen LogP contribution is -2.05. The van der Waals surface area contributed by atoms with Crippen molar-refractivity contribution in [2.45, 2.75) is 6.42 Å². The van der Waals surface area contributed by atoms with Crippen LogP contribution in [-0.2, 0) is 6.42 Å². The molecule has 0 saturated heterocycles. The van der Waals surface area contributed by atoms with E-state index in [0.717, 1.165) is 12.1 Å². The molecule has 120 valence electrons. The predicted octanol–water partition coefficient (Wildman–Crippen LogP) is 2.88. The summed E-state index contributed by atoms with van der Waals surface area (Å²) in [5, 5.41) is 0. The lowest BCUT2D eigenvalue weighted by atomic mass is 10.0. The summed E-state index contributed by atoms with van der Waals surface area (Å²) in [6.07, 6.45) is 0.424. The largest absolute Gasteiger partial charge is 0.493 e. The van der Waals surface area contributed by atoms with Crippen molar-refractivity contribution in [2.24, 2.45) is 5.73 Å². The second kappa shape index (κ2) is 7.61. The first-order valence-electron chi connectivity index (χ1n) is 7.01. The number of rotatable bonds is 4. The summed E-state index contributed by atoms with van der Waals surface area (Å²) in [5.41, 5.74) is 7.18. The first kappa shape index (κ1) is 16.8. The Kier molecular flexibility index (Phi) is 5.56. The lowest BCUT2D eigenvalue weighted by molar-refractivity contribution is 0.355. The lowest BCUT2D eigenvalue weighted by Gasteiger charge is -2.07. The molecule has 2 rings (SSSR count). The van der Waals surface area contributed by atoms with Crippen molar-refractivity contribution in [3.8, 4) is 23.3 Å². The molecule has 2 N–H and O–H groups in total.